The Morgan fingerprint density at radius 3 is 2.79 bits per heavy atom. The highest BCUT2D eigenvalue weighted by Crippen LogP contribution is 2.42. The molecule has 0 amide bonds. The van der Waals surface area contributed by atoms with Crippen molar-refractivity contribution < 1.29 is 4.74 Å². The number of imidazole rings is 2. The number of aryl methyl sites for hydroxylation is 1. The Hall–Kier alpha value is -3.64. The maximum atomic E-state index is 6.24. The van der Waals surface area contributed by atoms with E-state index in [0.29, 0.717) is 12.6 Å². The summed E-state index contributed by atoms with van der Waals surface area (Å²) in [5, 5.41) is 5.79. The van der Waals surface area contributed by atoms with Gasteiger partial charge in [0.05, 0.1) is 29.5 Å². The summed E-state index contributed by atoms with van der Waals surface area (Å²) in [5.41, 5.74) is 7.78. The highest BCUT2D eigenvalue weighted by Gasteiger charge is 2.20. The summed E-state index contributed by atoms with van der Waals surface area (Å²) in [5.74, 6) is 2.88. The molecular formula is C28H29N5O. The van der Waals surface area contributed by atoms with Crippen LogP contribution in [-0.4, -0.2) is 26.0 Å². The van der Waals surface area contributed by atoms with Gasteiger partial charge < -0.3 is 20.0 Å². The quantitative estimate of drug-likeness (QED) is 0.291. The normalized spacial score (nSPS) is 13.6. The van der Waals surface area contributed by atoms with Crippen molar-refractivity contribution in [3.8, 4) is 28.1 Å². The van der Waals surface area contributed by atoms with Crippen LogP contribution in [0.5, 0.6) is 5.75 Å². The van der Waals surface area contributed by atoms with E-state index in [-0.39, 0.29) is 0 Å². The van der Waals surface area contributed by atoms with Gasteiger partial charge >= 0.3 is 0 Å². The van der Waals surface area contributed by atoms with Crippen LogP contribution in [0.1, 0.15) is 44.4 Å². The molecular weight excluding hydrogens is 422 g/mol. The van der Waals surface area contributed by atoms with Gasteiger partial charge in [0.15, 0.2) is 0 Å². The molecule has 0 spiro atoms. The second-order valence-corrected chi connectivity index (χ2v) is 9.16. The molecule has 2 aromatic heterocycles. The van der Waals surface area contributed by atoms with Gasteiger partial charge in [-0.25, -0.2) is 9.97 Å². The lowest BCUT2D eigenvalue weighted by Crippen LogP contribution is -2.24. The van der Waals surface area contributed by atoms with E-state index in [1.165, 1.54) is 16.5 Å². The highest BCUT2D eigenvalue weighted by molar-refractivity contribution is 6.07. The largest absolute Gasteiger partial charge is 0.488 e. The number of nitrogens with one attached hydrogen (secondary N) is 3. The van der Waals surface area contributed by atoms with Crippen molar-refractivity contribution in [1.29, 1.82) is 0 Å². The van der Waals surface area contributed by atoms with Crippen molar-refractivity contribution in [2.24, 2.45) is 0 Å². The predicted molar refractivity (Wildman–Crippen MR) is 137 cm³/mol. The number of rotatable bonds is 6. The van der Waals surface area contributed by atoms with Crippen molar-refractivity contribution >= 4 is 21.8 Å². The molecule has 6 rings (SSSR count). The Morgan fingerprint density at radius 1 is 1.03 bits per heavy atom. The van der Waals surface area contributed by atoms with Gasteiger partial charge in [-0.15, -0.1) is 0 Å². The number of hydrogen-bond acceptors (Lipinski definition) is 4. The third-order valence-electron chi connectivity index (χ3n) is 6.90. The summed E-state index contributed by atoms with van der Waals surface area (Å²) in [6, 6.07) is 15.7. The number of aromatic amines is 2. The lowest BCUT2D eigenvalue weighted by atomic mass is 9.92. The molecule has 0 fully saturated rings. The first kappa shape index (κ1) is 20.9. The third-order valence-corrected chi connectivity index (χ3v) is 6.90. The van der Waals surface area contributed by atoms with Crippen LogP contribution in [0.25, 0.3) is 44.2 Å². The van der Waals surface area contributed by atoms with Crippen LogP contribution in [-0.2, 0) is 19.6 Å². The van der Waals surface area contributed by atoms with E-state index in [1.54, 1.807) is 0 Å². The van der Waals surface area contributed by atoms with E-state index in [9.17, 15) is 0 Å². The van der Waals surface area contributed by atoms with E-state index in [2.05, 4.69) is 83.5 Å². The van der Waals surface area contributed by atoms with Crippen LogP contribution in [0.2, 0.25) is 0 Å². The topological polar surface area (TPSA) is 78.6 Å². The van der Waals surface area contributed by atoms with E-state index in [1.807, 2.05) is 6.20 Å². The monoisotopic (exact) mass is 451 g/mol. The lowest BCUT2D eigenvalue weighted by Gasteiger charge is -2.22. The van der Waals surface area contributed by atoms with Crippen molar-refractivity contribution in [1.82, 2.24) is 25.3 Å². The van der Waals surface area contributed by atoms with Gasteiger partial charge in [0.1, 0.15) is 24.0 Å². The minimum atomic E-state index is 0.475. The molecule has 0 saturated heterocycles. The van der Waals surface area contributed by atoms with Crippen LogP contribution >= 0.6 is 0 Å². The molecule has 172 valence electrons. The number of aromatic nitrogens is 4. The summed E-state index contributed by atoms with van der Waals surface area (Å²) in [4.78, 5) is 16.2. The smallest absolute Gasteiger partial charge is 0.128 e. The van der Waals surface area contributed by atoms with Crippen molar-refractivity contribution in [3.63, 3.8) is 0 Å². The first-order valence-electron chi connectivity index (χ1n) is 12.1. The summed E-state index contributed by atoms with van der Waals surface area (Å²) < 4.78 is 6.24. The zero-order valence-electron chi connectivity index (χ0n) is 19.8. The lowest BCUT2D eigenvalue weighted by molar-refractivity contribution is 0.303. The standard InChI is InChI=1S/C28H29N5O/c1-4-16(3)29-14-27-30-13-24(32-27)18-6-8-20-19(10-18)15-34-25-12-21-17(11-22(20)25)7-9-23-28(21)33-26(5-2)31-23/h6-13,16,29H,4-5,14-15H2,1-3H3,(H,30,32)(H,31,33). The Kier molecular flexibility index (Phi) is 5.11. The van der Waals surface area contributed by atoms with Crippen LogP contribution in [0.3, 0.4) is 0 Å². The maximum absolute atomic E-state index is 6.24. The molecule has 0 aliphatic carbocycles. The molecule has 0 saturated carbocycles. The van der Waals surface area contributed by atoms with Crippen LogP contribution in [0.15, 0.2) is 48.7 Å². The van der Waals surface area contributed by atoms with Crippen LogP contribution < -0.4 is 10.1 Å². The zero-order valence-corrected chi connectivity index (χ0v) is 19.8. The van der Waals surface area contributed by atoms with Crippen molar-refractivity contribution in [2.45, 2.75) is 52.8 Å². The van der Waals surface area contributed by atoms with Crippen LogP contribution in [0, 0.1) is 0 Å². The molecule has 1 aliphatic heterocycles. The average molecular weight is 452 g/mol. The zero-order chi connectivity index (χ0) is 23.2. The first-order chi connectivity index (χ1) is 16.6. The van der Waals surface area contributed by atoms with E-state index in [0.717, 1.165) is 70.0 Å². The molecule has 0 bridgehead atoms. The highest BCUT2D eigenvalue weighted by atomic mass is 16.5. The minimum Gasteiger partial charge on any atom is -0.488 e. The number of benzene rings is 3. The Morgan fingerprint density at radius 2 is 1.94 bits per heavy atom. The summed E-state index contributed by atoms with van der Waals surface area (Å²) in [6.45, 7) is 7.78. The van der Waals surface area contributed by atoms with Gasteiger partial charge in [-0.1, -0.05) is 32.0 Å². The average Bonchev–Trinajstić information content (AvgIpc) is 3.53. The van der Waals surface area contributed by atoms with E-state index in [4.69, 9.17) is 9.72 Å². The van der Waals surface area contributed by atoms with Gasteiger partial charge in [-0.05, 0) is 59.7 Å². The van der Waals surface area contributed by atoms with Gasteiger partial charge in [-0.3, -0.25) is 0 Å². The number of ether oxygens (including phenoxy) is 1. The predicted octanol–water partition coefficient (Wildman–Crippen LogP) is 6.12. The summed E-state index contributed by atoms with van der Waals surface area (Å²) >= 11 is 0. The van der Waals surface area contributed by atoms with Gasteiger partial charge in [0.25, 0.3) is 0 Å². The number of hydrogen-bond donors (Lipinski definition) is 3. The molecule has 1 unspecified atom stereocenters. The molecule has 6 nitrogen and oxygen atoms in total. The van der Waals surface area contributed by atoms with Gasteiger partial charge in [0.2, 0.25) is 0 Å². The number of fused-ring (bicyclic) bond motifs is 6. The molecule has 6 heteroatoms. The third kappa shape index (κ3) is 3.55. The minimum absolute atomic E-state index is 0.475. The summed E-state index contributed by atoms with van der Waals surface area (Å²) in [6.07, 6.45) is 3.90. The molecule has 3 aromatic carbocycles. The molecule has 3 N–H and O–H groups in total. The molecule has 1 atom stereocenters. The summed E-state index contributed by atoms with van der Waals surface area (Å²) in [7, 11) is 0. The fourth-order valence-electron chi connectivity index (χ4n) is 4.69. The Labute approximate surface area is 198 Å². The van der Waals surface area contributed by atoms with Crippen LogP contribution in [0.4, 0.5) is 0 Å². The van der Waals surface area contributed by atoms with Gasteiger partial charge in [-0.2, -0.15) is 0 Å². The Balaban J connectivity index is 1.34. The SMILES string of the molecule is CCc1nc2c(ccc3cc4c(cc32)OCc2cc(-c3cnc(CNC(C)CC)[nH]3)ccc2-4)[nH]1. The second-order valence-electron chi connectivity index (χ2n) is 9.16. The first-order valence-corrected chi connectivity index (χ1v) is 12.1. The van der Waals surface area contributed by atoms with Crippen molar-refractivity contribution in [3.05, 3.63) is 65.9 Å². The van der Waals surface area contributed by atoms with Crippen molar-refractivity contribution in [2.75, 3.05) is 0 Å². The Bertz CT molecular complexity index is 1510. The molecule has 0 radical (unpaired) electrons. The molecule has 5 aromatic rings. The molecule has 1 aliphatic rings. The maximum Gasteiger partial charge on any atom is 0.128 e. The molecule has 3 heterocycles. The fourth-order valence-corrected chi connectivity index (χ4v) is 4.69. The number of H-pyrrole nitrogens is 2. The van der Waals surface area contributed by atoms with Gasteiger partial charge in [0, 0.05) is 23.4 Å². The second kappa shape index (κ2) is 8.29. The van der Waals surface area contributed by atoms with E-state index < -0.39 is 0 Å². The fraction of sp³-hybridized carbons (Fsp3) is 0.286. The molecule has 34 heavy (non-hydrogen) atoms. The number of nitrogens with zero attached hydrogens (tertiary/aromatic N) is 2. The van der Waals surface area contributed by atoms with E-state index >= 15 is 0 Å².